The van der Waals surface area contributed by atoms with Crippen molar-refractivity contribution in [1.82, 2.24) is 4.98 Å². The van der Waals surface area contributed by atoms with E-state index in [2.05, 4.69) is 4.98 Å². The van der Waals surface area contributed by atoms with Crippen molar-refractivity contribution in [2.45, 2.75) is 6.61 Å². The fourth-order valence-corrected chi connectivity index (χ4v) is 2.07. The molecule has 0 saturated carbocycles. The third-order valence-corrected chi connectivity index (χ3v) is 3.10. The van der Waals surface area contributed by atoms with E-state index in [1.54, 1.807) is 18.4 Å². The second-order valence-corrected chi connectivity index (χ2v) is 4.95. The Morgan fingerprint density at radius 1 is 1.14 bits per heavy atom. The van der Waals surface area contributed by atoms with Gasteiger partial charge in [-0.15, -0.1) is 0 Å². The number of oxazole rings is 1. The van der Waals surface area contributed by atoms with Crippen LogP contribution in [0.4, 0.5) is 5.69 Å². The van der Waals surface area contributed by atoms with Crippen LogP contribution in [0, 0.1) is 0 Å². The molecule has 5 heteroatoms. The van der Waals surface area contributed by atoms with Gasteiger partial charge in [-0.1, -0.05) is 23.7 Å². The lowest BCUT2D eigenvalue weighted by molar-refractivity contribution is 0.301. The topological polar surface area (TPSA) is 61.3 Å². The van der Waals surface area contributed by atoms with Crippen molar-refractivity contribution in [1.29, 1.82) is 0 Å². The Balaban J connectivity index is 1.71. The molecule has 2 aromatic carbocycles. The SMILES string of the molecule is Nc1cccc(-c2nc(COc3cccc(Cl)c3)co2)c1. The molecule has 1 heterocycles. The van der Waals surface area contributed by atoms with Crippen molar-refractivity contribution < 1.29 is 9.15 Å². The largest absolute Gasteiger partial charge is 0.487 e. The summed E-state index contributed by atoms with van der Waals surface area (Å²) in [5.41, 5.74) is 7.95. The summed E-state index contributed by atoms with van der Waals surface area (Å²) in [6.45, 7) is 0.312. The second-order valence-electron chi connectivity index (χ2n) is 4.52. The normalized spacial score (nSPS) is 10.5. The zero-order chi connectivity index (χ0) is 14.7. The summed E-state index contributed by atoms with van der Waals surface area (Å²) in [5.74, 6) is 1.21. The Morgan fingerprint density at radius 2 is 2.00 bits per heavy atom. The van der Waals surface area contributed by atoms with Crippen LogP contribution < -0.4 is 10.5 Å². The summed E-state index contributed by atoms with van der Waals surface area (Å²) in [7, 11) is 0. The molecule has 4 nitrogen and oxygen atoms in total. The van der Waals surface area contributed by atoms with Gasteiger partial charge in [0.1, 0.15) is 24.3 Å². The van der Waals surface area contributed by atoms with E-state index in [9.17, 15) is 0 Å². The van der Waals surface area contributed by atoms with Crippen molar-refractivity contribution in [2.24, 2.45) is 0 Å². The Bertz CT molecular complexity index is 755. The van der Waals surface area contributed by atoms with E-state index >= 15 is 0 Å². The molecular weight excluding hydrogens is 288 g/mol. The lowest BCUT2D eigenvalue weighted by atomic mass is 10.2. The maximum atomic E-state index is 5.90. The van der Waals surface area contributed by atoms with E-state index in [1.165, 1.54) is 0 Å². The van der Waals surface area contributed by atoms with E-state index < -0.39 is 0 Å². The number of nitrogen functional groups attached to an aromatic ring is 1. The zero-order valence-electron chi connectivity index (χ0n) is 11.1. The summed E-state index contributed by atoms with van der Waals surface area (Å²) in [6.07, 6.45) is 1.57. The van der Waals surface area contributed by atoms with Gasteiger partial charge in [-0.2, -0.15) is 0 Å². The van der Waals surface area contributed by atoms with Crippen molar-refractivity contribution in [3.05, 3.63) is 65.5 Å². The highest BCUT2D eigenvalue weighted by molar-refractivity contribution is 6.30. The highest BCUT2D eigenvalue weighted by atomic mass is 35.5. The first-order valence-corrected chi connectivity index (χ1v) is 6.77. The fraction of sp³-hybridized carbons (Fsp3) is 0.0625. The number of aromatic nitrogens is 1. The van der Waals surface area contributed by atoms with Gasteiger partial charge in [-0.25, -0.2) is 4.98 Å². The van der Waals surface area contributed by atoms with Crippen LogP contribution in [0.3, 0.4) is 0 Å². The van der Waals surface area contributed by atoms with Crippen LogP contribution in [0.1, 0.15) is 5.69 Å². The number of hydrogen-bond donors (Lipinski definition) is 1. The van der Waals surface area contributed by atoms with Crippen LogP contribution in [-0.4, -0.2) is 4.98 Å². The molecule has 0 saturated heterocycles. The number of anilines is 1. The highest BCUT2D eigenvalue weighted by Gasteiger charge is 2.07. The number of ether oxygens (including phenoxy) is 1. The van der Waals surface area contributed by atoms with Gasteiger partial charge < -0.3 is 14.9 Å². The number of hydrogen-bond acceptors (Lipinski definition) is 4. The molecule has 0 atom stereocenters. The van der Waals surface area contributed by atoms with Crippen LogP contribution in [0.2, 0.25) is 5.02 Å². The number of rotatable bonds is 4. The van der Waals surface area contributed by atoms with E-state index in [1.807, 2.05) is 36.4 Å². The van der Waals surface area contributed by atoms with Crippen LogP contribution >= 0.6 is 11.6 Å². The van der Waals surface area contributed by atoms with E-state index in [-0.39, 0.29) is 0 Å². The molecule has 0 aliphatic rings. The Hall–Kier alpha value is -2.46. The van der Waals surface area contributed by atoms with Gasteiger partial charge in [-0.05, 0) is 36.4 Å². The third kappa shape index (κ3) is 3.35. The summed E-state index contributed by atoms with van der Waals surface area (Å²) in [5, 5.41) is 0.633. The predicted molar refractivity (Wildman–Crippen MR) is 82.1 cm³/mol. The van der Waals surface area contributed by atoms with Gasteiger partial charge in [0.15, 0.2) is 0 Å². The number of nitrogens with two attached hydrogens (primary N) is 1. The van der Waals surface area contributed by atoms with Gasteiger partial charge in [0.05, 0.1) is 0 Å². The van der Waals surface area contributed by atoms with Gasteiger partial charge in [0.2, 0.25) is 5.89 Å². The Labute approximate surface area is 127 Å². The molecule has 2 N–H and O–H groups in total. The average Bonchev–Trinajstić information content (AvgIpc) is 2.94. The molecule has 106 valence electrons. The molecule has 0 bridgehead atoms. The molecule has 0 radical (unpaired) electrons. The molecule has 0 unspecified atom stereocenters. The second kappa shape index (κ2) is 5.89. The Morgan fingerprint density at radius 3 is 2.81 bits per heavy atom. The molecule has 0 amide bonds. The van der Waals surface area contributed by atoms with Crippen LogP contribution in [0.15, 0.2) is 59.2 Å². The van der Waals surface area contributed by atoms with Gasteiger partial charge >= 0.3 is 0 Å². The Kier molecular flexibility index (Phi) is 3.79. The van der Waals surface area contributed by atoms with Crippen LogP contribution in [0.25, 0.3) is 11.5 Å². The summed E-state index contributed by atoms with van der Waals surface area (Å²) < 4.78 is 11.1. The van der Waals surface area contributed by atoms with Crippen molar-refractivity contribution in [3.8, 4) is 17.2 Å². The molecule has 0 spiro atoms. The summed E-state index contributed by atoms with van der Waals surface area (Å²) >= 11 is 5.90. The first-order chi connectivity index (χ1) is 10.2. The van der Waals surface area contributed by atoms with Crippen molar-refractivity contribution in [2.75, 3.05) is 5.73 Å². The van der Waals surface area contributed by atoms with E-state index in [0.29, 0.717) is 34.7 Å². The summed E-state index contributed by atoms with van der Waals surface area (Å²) in [6, 6.07) is 14.6. The van der Waals surface area contributed by atoms with Gasteiger partial charge in [0, 0.05) is 16.3 Å². The maximum Gasteiger partial charge on any atom is 0.226 e. The van der Waals surface area contributed by atoms with Gasteiger partial charge in [0.25, 0.3) is 0 Å². The lowest BCUT2D eigenvalue weighted by Crippen LogP contribution is -1.95. The monoisotopic (exact) mass is 300 g/mol. The minimum absolute atomic E-state index is 0.312. The lowest BCUT2D eigenvalue weighted by Gasteiger charge is -2.03. The molecule has 1 aromatic heterocycles. The van der Waals surface area contributed by atoms with Crippen molar-refractivity contribution in [3.63, 3.8) is 0 Å². The fourth-order valence-electron chi connectivity index (χ4n) is 1.89. The zero-order valence-corrected chi connectivity index (χ0v) is 11.9. The van der Waals surface area contributed by atoms with Crippen LogP contribution in [-0.2, 0) is 6.61 Å². The first kappa shape index (κ1) is 13.5. The third-order valence-electron chi connectivity index (χ3n) is 2.87. The number of halogens is 1. The molecule has 21 heavy (non-hydrogen) atoms. The van der Waals surface area contributed by atoms with Crippen LogP contribution in [0.5, 0.6) is 5.75 Å². The minimum Gasteiger partial charge on any atom is -0.487 e. The first-order valence-electron chi connectivity index (χ1n) is 6.39. The number of nitrogens with zero attached hydrogens (tertiary/aromatic N) is 1. The quantitative estimate of drug-likeness (QED) is 0.735. The maximum absolute atomic E-state index is 5.90. The van der Waals surface area contributed by atoms with Gasteiger partial charge in [-0.3, -0.25) is 0 Å². The molecule has 3 rings (SSSR count). The number of benzene rings is 2. The average molecular weight is 301 g/mol. The predicted octanol–water partition coefficient (Wildman–Crippen LogP) is 4.16. The minimum atomic E-state index is 0.312. The molecule has 0 aliphatic carbocycles. The molecule has 3 aromatic rings. The van der Waals surface area contributed by atoms with Crippen molar-refractivity contribution >= 4 is 17.3 Å². The van der Waals surface area contributed by atoms with E-state index in [4.69, 9.17) is 26.5 Å². The highest BCUT2D eigenvalue weighted by Crippen LogP contribution is 2.22. The summed E-state index contributed by atoms with van der Waals surface area (Å²) in [4.78, 5) is 4.38. The smallest absolute Gasteiger partial charge is 0.226 e. The molecule has 0 fully saturated rings. The standard InChI is InChI=1S/C16H13ClN2O2/c17-12-4-2-6-15(8-12)20-9-14-10-21-16(19-14)11-3-1-5-13(18)7-11/h1-8,10H,9,18H2. The van der Waals surface area contributed by atoms with E-state index in [0.717, 1.165) is 5.56 Å². The molecular formula is C16H13ClN2O2. The molecule has 0 aliphatic heterocycles.